The third-order valence-corrected chi connectivity index (χ3v) is 4.59. The average Bonchev–Trinajstić information content (AvgIpc) is 3.26. The first-order valence-corrected chi connectivity index (χ1v) is 7.72. The summed E-state index contributed by atoms with van der Waals surface area (Å²) in [6.45, 7) is 0.719. The van der Waals surface area contributed by atoms with E-state index in [2.05, 4.69) is 10.3 Å². The number of hydrogen-bond acceptors (Lipinski definition) is 3. The van der Waals surface area contributed by atoms with Gasteiger partial charge in [-0.25, -0.2) is 9.37 Å². The van der Waals surface area contributed by atoms with Crippen molar-refractivity contribution in [2.45, 2.75) is 35.3 Å². The Hall–Kier alpha value is -1.10. The van der Waals surface area contributed by atoms with Crippen LogP contribution >= 0.6 is 23.4 Å². The quantitative estimate of drug-likeness (QED) is 0.892. The molecule has 0 amide bonds. The van der Waals surface area contributed by atoms with Gasteiger partial charge in [0, 0.05) is 23.7 Å². The number of halogens is 2. The van der Waals surface area contributed by atoms with Crippen LogP contribution in [0.15, 0.2) is 46.5 Å². The zero-order valence-electron chi connectivity index (χ0n) is 10.8. The van der Waals surface area contributed by atoms with E-state index in [1.165, 1.54) is 24.6 Å². The molecule has 0 atom stereocenters. The molecule has 1 aromatic heterocycles. The van der Waals surface area contributed by atoms with Crippen LogP contribution in [0.5, 0.6) is 0 Å². The van der Waals surface area contributed by atoms with Gasteiger partial charge in [0.05, 0.1) is 5.02 Å². The molecular weight excluding hydrogens is 295 g/mol. The molecule has 1 fully saturated rings. The lowest BCUT2D eigenvalue weighted by Crippen LogP contribution is -2.15. The van der Waals surface area contributed by atoms with Gasteiger partial charge in [0.15, 0.2) is 0 Å². The summed E-state index contributed by atoms with van der Waals surface area (Å²) in [5.74, 6) is -0.230. The van der Waals surface area contributed by atoms with E-state index in [1.54, 1.807) is 30.5 Å². The van der Waals surface area contributed by atoms with Crippen molar-refractivity contribution in [2.75, 3.05) is 0 Å². The van der Waals surface area contributed by atoms with E-state index in [0.717, 1.165) is 12.1 Å². The maximum absolute atomic E-state index is 14.1. The Labute approximate surface area is 126 Å². The molecule has 0 saturated heterocycles. The lowest BCUT2D eigenvalue weighted by molar-refractivity contribution is 0.595. The average molecular weight is 309 g/mol. The minimum Gasteiger partial charge on any atom is -0.310 e. The lowest BCUT2D eigenvalue weighted by atomic mass is 10.2. The monoisotopic (exact) mass is 308 g/mol. The van der Waals surface area contributed by atoms with Gasteiger partial charge in [-0.15, -0.1) is 0 Å². The number of nitrogens with zero attached hydrogens (tertiary/aromatic N) is 1. The highest BCUT2D eigenvalue weighted by atomic mass is 35.5. The Kier molecular flexibility index (Phi) is 4.24. The number of aromatic nitrogens is 1. The SMILES string of the molecule is Fc1cc(CNC2CC2)ccc1Sc1ncccc1Cl. The zero-order valence-corrected chi connectivity index (χ0v) is 12.3. The van der Waals surface area contributed by atoms with Crippen LogP contribution in [-0.2, 0) is 6.54 Å². The Bertz CT molecular complexity index is 617. The second kappa shape index (κ2) is 6.12. The predicted molar refractivity (Wildman–Crippen MR) is 79.6 cm³/mol. The molecule has 5 heteroatoms. The van der Waals surface area contributed by atoms with Crippen molar-refractivity contribution >= 4 is 23.4 Å². The molecule has 0 bridgehead atoms. The predicted octanol–water partition coefficient (Wildman–Crippen LogP) is 4.28. The van der Waals surface area contributed by atoms with Crippen molar-refractivity contribution in [3.05, 3.63) is 52.9 Å². The van der Waals surface area contributed by atoms with Gasteiger partial charge in [-0.3, -0.25) is 0 Å². The fourth-order valence-corrected chi connectivity index (χ4v) is 2.85. The summed E-state index contributed by atoms with van der Waals surface area (Å²) in [7, 11) is 0. The topological polar surface area (TPSA) is 24.9 Å². The smallest absolute Gasteiger partial charge is 0.137 e. The number of hydrogen-bond donors (Lipinski definition) is 1. The van der Waals surface area contributed by atoms with E-state index in [1.807, 2.05) is 6.07 Å². The molecule has 104 valence electrons. The molecule has 0 spiro atoms. The molecule has 2 aromatic rings. The van der Waals surface area contributed by atoms with Gasteiger partial charge in [-0.2, -0.15) is 0 Å². The van der Waals surface area contributed by atoms with E-state index < -0.39 is 0 Å². The molecule has 2 nitrogen and oxygen atoms in total. The van der Waals surface area contributed by atoms with Crippen LogP contribution in [0.3, 0.4) is 0 Å². The summed E-state index contributed by atoms with van der Waals surface area (Å²) in [4.78, 5) is 4.70. The highest BCUT2D eigenvalue weighted by Crippen LogP contribution is 2.33. The number of benzene rings is 1. The van der Waals surface area contributed by atoms with Gasteiger partial charge < -0.3 is 5.32 Å². The molecule has 3 rings (SSSR count). The van der Waals surface area contributed by atoms with Crippen LogP contribution in [0.4, 0.5) is 4.39 Å². The van der Waals surface area contributed by atoms with Crippen molar-refractivity contribution in [2.24, 2.45) is 0 Å². The highest BCUT2D eigenvalue weighted by Gasteiger charge is 2.20. The summed E-state index contributed by atoms with van der Waals surface area (Å²) in [5.41, 5.74) is 0.964. The molecule has 1 heterocycles. The maximum Gasteiger partial charge on any atom is 0.137 e. The molecule has 1 N–H and O–H groups in total. The van der Waals surface area contributed by atoms with Crippen molar-refractivity contribution in [3.8, 4) is 0 Å². The number of pyridine rings is 1. The summed E-state index contributed by atoms with van der Waals surface area (Å²) in [6, 6.07) is 9.44. The first-order chi connectivity index (χ1) is 9.72. The molecule has 1 aliphatic carbocycles. The lowest BCUT2D eigenvalue weighted by Gasteiger charge is -2.07. The Morgan fingerprint density at radius 1 is 1.35 bits per heavy atom. The summed E-state index contributed by atoms with van der Waals surface area (Å²) < 4.78 is 14.1. The largest absolute Gasteiger partial charge is 0.310 e. The second-order valence-electron chi connectivity index (χ2n) is 4.81. The Morgan fingerprint density at radius 3 is 2.90 bits per heavy atom. The first kappa shape index (κ1) is 13.9. The van der Waals surface area contributed by atoms with Crippen molar-refractivity contribution in [1.29, 1.82) is 0 Å². The summed E-state index contributed by atoms with van der Waals surface area (Å²) in [5, 5.41) is 4.53. The van der Waals surface area contributed by atoms with Crippen LogP contribution in [0.2, 0.25) is 5.02 Å². The first-order valence-electron chi connectivity index (χ1n) is 6.52. The van der Waals surface area contributed by atoms with Gasteiger partial charge >= 0.3 is 0 Å². The van der Waals surface area contributed by atoms with Gasteiger partial charge in [0.2, 0.25) is 0 Å². The van der Waals surface area contributed by atoms with E-state index in [4.69, 9.17) is 11.6 Å². The van der Waals surface area contributed by atoms with E-state index in [9.17, 15) is 4.39 Å². The van der Waals surface area contributed by atoms with Crippen LogP contribution in [-0.4, -0.2) is 11.0 Å². The van der Waals surface area contributed by atoms with Crippen LogP contribution in [0.1, 0.15) is 18.4 Å². The molecule has 1 aliphatic rings. The minimum atomic E-state index is -0.230. The third-order valence-electron chi connectivity index (χ3n) is 3.10. The second-order valence-corrected chi connectivity index (χ2v) is 6.25. The van der Waals surface area contributed by atoms with Gasteiger partial charge in [0.25, 0.3) is 0 Å². The fourth-order valence-electron chi connectivity index (χ4n) is 1.84. The van der Waals surface area contributed by atoms with E-state index >= 15 is 0 Å². The van der Waals surface area contributed by atoms with Crippen LogP contribution in [0, 0.1) is 5.82 Å². The molecule has 1 saturated carbocycles. The van der Waals surface area contributed by atoms with E-state index in [0.29, 0.717) is 21.0 Å². The minimum absolute atomic E-state index is 0.230. The Balaban J connectivity index is 1.71. The van der Waals surface area contributed by atoms with Gasteiger partial charge in [-0.05, 0) is 42.7 Å². The number of rotatable bonds is 5. The van der Waals surface area contributed by atoms with Gasteiger partial charge in [0.1, 0.15) is 10.8 Å². The Morgan fingerprint density at radius 2 is 2.20 bits per heavy atom. The maximum atomic E-state index is 14.1. The third kappa shape index (κ3) is 3.51. The molecule has 0 radical (unpaired) electrons. The number of nitrogens with one attached hydrogen (secondary N) is 1. The summed E-state index contributed by atoms with van der Waals surface area (Å²) >= 11 is 7.28. The van der Waals surface area contributed by atoms with Crippen LogP contribution < -0.4 is 5.32 Å². The van der Waals surface area contributed by atoms with Crippen molar-refractivity contribution < 1.29 is 4.39 Å². The highest BCUT2D eigenvalue weighted by molar-refractivity contribution is 7.99. The molecule has 0 aliphatic heterocycles. The molecule has 0 unspecified atom stereocenters. The standard InChI is InChI=1S/C15H14ClFN2S/c16-12-2-1-7-18-15(12)20-14-6-3-10(8-13(14)17)9-19-11-4-5-11/h1-3,6-8,11,19H,4-5,9H2. The molecule has 1 aromatic carbocycles. The van der Waals surface area contributed by atoms with E-state index in [-0.39, 0.29) is 5.82 Å². The molecule has 20 heavy (non-hydrogen) atoms. The van der Waals surface area contributed by atoms with Crippen molar-refractivity contribution in [3.63, 3.8) is 0 Å². The zero-order chi connectivity index (χ0) is 13.9. The fraction of sp³-hybridized carbons (Fsp3) is 0.267. The van der Waals surface area contributed by atoms with Crippen molar-refractivity contribution in [1.82, 2.24) is 10.3 Å². The molecular formula is C15H14ClFN2S. The van der Waals surface area contributed by atoms with Crippen LogP contribution in [0.25, 0.3) is 0 Å². The summed E-state index contributed by atoms with van der Waals surface area (Å²) in [6.07, 6.45) is 4.11. The van der Waals surface area contributed by atoms with Gasteiger partial charge in [-0.1, -0.05) is 29.4 Å². The normalized spacial score (nSPS) is 14.5.